The van der Waals surface area contributed by atoms with Crippen molar-refractivity contribution < 1.29 is 28.5 Å². The van der Waals surface area contributed by atoms with Crippen molar-refractivity contribution in [3.05, 3.63) is 82.4 Å². The summed E-state index contributed by atoms with van der Waals surface area (Å²) in [5, 5.41) is 3.12. The summed E-state index contributed by atoms with van der Waals surface area (Å²) in [5.41, 5.74) is 8.58. The number of rotatable bonds is 14. The first kappa shape index (κ1) is 31.3. The van der Waals surface area contributed by atoms with Crippen molar-refractivity contribution in [2.24, 2.45) is 10.7 Å². The molecule has 41 heavy (non-hydrogen) atoms. The second kappa shape index (κ2) is 15.5. The largest absolute Gasteiger partial charge is 0.493 e. The van der Waals surface area contributed by atoms with Gasteiger partial charge in [-0.3, -0.25) is 14.9 Å². The summed E-state index contributed by atoms with van der Waals surface area (Å²) in [7, 11) is 6.23. The molecule has 218 valence electrons. The molecule has 0 spiro atoms. The number of amides is 1. The first-order chi connectivity index (χ1) is 19.8. The van der Waals surface area contributed by atoms with E-state index in [0.29, 0.717) is 46.4 Å². The number of ether oxygens (including phenoxy) is 4. The number of aliphatic imine (C=N–C) groups is 1. The van der Waals surface area contributed by atoms with Gasteiger partial charge in [-0.05, 0) is 59.9 Å². The minimum Gasteiger partial charge on any atom is -0.493 e. The van der Waals surface area contributed by atoms with Crippen LogP contribution in [0.25, 0.3) is 0 Å². The molecule has 0 bridgehead atoms. The summed E-state index contributed by atoms with van der Waals surface area (Å²) in [6.45, 7) is 0. The maximum absolute atomic E-state index is 13.3. The fraction of sp³-hybridized carbons (Fsp3) is 0.323. The lowest BCUT2D eigenvalue weighted by molar-refractivity contribution is -0.121. The Morgan fingerprint density at radius 2 is 1.44 bits per heavy atom. The summed E-state index contributed by atoms with van der Waals surface area (Å²) in [5.74, 6) is 1.72. The Bertz CT molecular complexity index is 1380. The predicted molar refractivity (Wildman–Crippen MR) is 159 cm³/mol. The molecule has 1 amide bonds. The van der Waals surface area contributed by atoms with E-state index in [4.69, 9.17) is 36.3 Å². The second-order valence-corrected chi connectivity index (χ2v) is 9.66. The van der Waals surface area contributed by atoms with Crippen molar-refractivity contribution in [3.63, 3.8) is 0 Å². The van der Waals surface area contributed by atoms with Crippen LogP contribution in [0.4, 0.5) is 0 Å². The van der Waals surface area contributed by atoms with E-state index in [9.17, 15) is 9.59 Å². The van der Waals surface area contributed by atoms with Crippen molar-refractivity contribution in [2.75, 3.05) is 28.4 Å². The lowest BCUT2D eigenvalue weighted by atomic mass is 9.98. The lowest BCUT2D eigenvalue weighted by Gasteiger charge is -2.15. The minimum atomic E-state index is -0.818. The van der Waals surface area contributed by atoms with Gasteiger partial charge < -0.3 is 24.7 Å². The van der Waals surface area contributed by atoms with Crippen molar-refractivity contribution in [1.82, 2.24) is 5.32 Å². The lowest BCUT2D eigenvalue weighted by Crippen LogP contribution is -2.39. The number of halogens is 1. The molecule has 10 heteroatoms. The molecule has 0 aliphatic heterocycles. The van der Waals surface area contributed by atoms with E-state index in [2.05, 4.69) is 10.3 Å². The molecule has 0 saturated heterocycles. The Labute approximate surface area is 245 Å². The van der Waals surface area contributed by atoms with Crippen LogP contribution in [-0.4, -0.2) is 52.1 Å². The van der Waals surface area contributed by atoms with Gasteiger partial charge >= 0.3 is 0 Å². The zero-order valence-electron chi connectivity index (χ0n) is 23.7. The van der Waals surface area contributed by atoms with Crippen LogP contribution in [0.15, 0.2) is 65.7 Å². The molecule has 0 saturated carbocycles. The van der Waals surface area contributed by atoms with Crippen molar-refractivity contribution in [3.8, 4) is 23.0 Å². The third kappa shape index (κ3) is 9.14. The molecule has 3 aromatic carbocycles. The topological polar surface area (TPSA) is 121 Å². The van der Waals surface area contributed by atoms with E-state index < -0.39 is 6.04 Å². The molecular formula is C31H36ClN3O6. The molecule has 0 aliphatic rings. The molecule has 0 heterocycles. The number of carbonyl (C=O) groups excluding carboxylic acids is 2. The number of Topliss-reactive ketones (excluding diaryl/α,β-unsaturated/α-hetero) is 1. The van der Waals surface area contributed by atoms with Gasteiger partial charge in [0.15, 0.2) is 34.7 Å². The molecule has 0 fully saturated rings. The first-order valence-corrected chi connectivity index (χ1v) is 13.5. The minimum absolute atomic E-state index is 0.0328. The van der Waals surface area contributed by atoms with Crippen LogP contribution in [0.3, 0.4) is 0 Å². The summed E-state index contributed by atoms with van der Waals surface area (Å²) in [6.07, 6.45) is 1.80. The van der Waals surface area contributed by atoms with Gasteiger partial charge in [-0.15, -0.1) is 0 Å². The van der Waals surface area contributed by atoms with Crippen molar-refractivity contribution >= 4 is 29.3 Å². The molecule has 9 nitrogen and oxygen atoms in total. The van der Waals surface area contributed by atoms with Crippen molar-refractivity contribution in [2.45, 2.75) is 38.1 Å². The monoisotopic (exact) mass is 581 g/mol. The van der Waals surface area contributed by atoms with E-state index in [1.165, 1.54) is 14.2 Å². The molecule has 3 aromatic rings. The van der Waals surface area contributed by atoms with Crippen LogP contribution >= 0.6 is 11.6 Å². The zero-order chi connectivity index (χ0) is 29.8. The van der Waals surface area contributed by atoms with Gasteiger partial charge in [-0.25, -0.2) is 4.99 Å². The van der Waals surface area contributed by atoms with Gasteiger partial charge in [0.2, 0.25) is 5.91 Å². The number of nitrogens with one attached hydrogen (secondary N) is 1. The molecule has 0 unspecified atom stereocenters. The van der Waals surface area contributed by atoms with Gasteiger partial charge in [0.1, 0.15) is 6.04 Å². The Hall–Kier alpha value is -4.24. The average molecular weight is 582 g/mol. The van der Waals surface area contributed by atoms with Crippen LogP contribution < -0.4 is 30.0 Å². The maximum Gasteiger partial charge on any atom is 0.231 e. The standard InChI is InChI=1S/C31H36ClN3O6/c1-38-26-14-12-20(16-28(26)40-3)8-7-11-25(36)24(19-22-9-5-6-10-23(22)32)34-31(33)35-30(37)18-21-13-15-27(39-2)29(17-21)41-4/h5-6,9-10,12-17,24H,7-8,11,18-19H2,1-4H3,(H3,33,34,35,37)/t24-/m1/s1. The number of ketones is 1. The molecule has 0 aromatic heterocycles. The van der Waals surface area contributed by atoms with E-state index in [-0.39, 0.29) is 36.9 Å². The van der Waals surface area contributed by atoms with Crippen LogP contribution in [0.5, 0.6) is 23.0 Å². The maximum atomic E-state index is 13.3. The fourth-order valence-corrected chi connectivity index (χ4v) is 4.55. The summed E-state index contributed by atoms with van der Waals surface area (Å²) >= 11 is 6.37. The Balaban J connectivity index is 1.69. The van der Waals surface area contributed by atoms with Crippen LogP contribution in [0.1, 0.15) is 29.5 Å². The molecule has 3 N–H and O–H groups in total. The average Bonchev–Trinajstić information content (AvgIpc) is 2.97. The van der Waals surface area contributed by atoms with Gasteiger partial charge in [0.25, 0.3) is 0 Å². The third-order valence-corrected chi connectivity index (χ3v) is 6.82. The summed E-state index contributed by atoms with van der Waals surface area (Å²) < 4.78 is 21.2. The number of guanidine groups is 1. The van der Waals surface area contributed by atoms with Crippen LogP contribution in [0, 0.1) is 0 Å². The van der Waals surface area contributed by atoms with Gasteiger partial charge in [0.05, 0.1) is 34.9 Å². The molecule has 0 radical (unpaired) electrons. The van der Waals surface area contributed by atoms with Gasteiger partial charge in [-0.1, -0.05) is 41.9 Å². The number of nitrogens with zero attached hydrogens (tertiary/aromatic N) is 1. The number of aryl methyl sites for hydroxylation is 1. The highest BCUT2D eigenvalue weighted by Gasteiger charge is 2.20. The third-order valence-electron chi connectivity index (χ3n) is 6.45. The van der Waals surface area contributed by atoms with E-state index in [1.54, 1.807) is 38.5 Å². The van der Waals surface area contributed by atoms with E-state index >= 15 is 0 Å². The van der Waals surface area contributed by atoms with Gasteiger partial charge in [-0.2, -0.15) is 0 Å². The fourth-order valence-electron chi connectivity index (χ4n) is 4.34. The first-order valence-electron chi connectivity index (χ1n) is 13.1. The normalized spacial score (nSPS) is 11.9. The number of hydrogen-bond acceptors (Lipinski definition) is 7. The number of methoxy groups -OCH3 is 4. The highest BCUT2D eigenvalue weighted by molar-refractivity contribution is 6.31. The number of benzene rings is 3. The molecule has 1 atom stereocenters. The highest BCUT2D eigenvalue weighted by atomic mass is 35.5. The summed E-state index contributed by atoms with van der Waals surface area (Å²) in [6, 6.07) is 17.3. The Morgan fingerprint density at radius 1 is 0.854 bits per heavy atom. The van der Waals surface area contributed by atoms with Crippen LogP contribution in [0.2, 0.25) is 5.02 Å². The van der Waals surface area contributed by atoms with Gasteiger partial charge in [0, 0.05) is 17.9 Å². The van der Waals surface area contributed by atoms with E-state index in [0.717, 1.165) is 11.1 Å². The number of nitrogens with two attached hydrogens (primary N) is 1. The highest BCUT2D eigenvalue weighted by Crippen LogP contribution is 2.29. The van der Waals surface area contributed by atoms with E-state index in [1.807, 2.05) is 36.4 Å². The molecular weight excluding hydrogens is 546 g/mol. The Morgan fingerprint density at radius 3 is 2.05 bits per heavy atom. The molecule has 3 rings (SSSR count). The smallest absolute Gasteiger partial charge is 0.231 e. The quantitative estimate of drug-likeness (QED) is 0.211. The molecule has 0 aliphatic carbocycles. The second-order valence-electron chi connectivity index (χ2n) is 9.25. The zero-order valence-corrected chi connectivity index (χ0v) is 24.5. The number of carbonyl (C=O) groups is 2. The number of hydrogen-bond donors (Lipinski definition) is 2. The Kier molecular flexibility index (Phi) is 11.8. The summed E-state index contributed by atoms with van der Waals surface area (Å²) in [4.78, 5) is 30.4. The predicted octanol–water partition coefficient (Wildman–Crippen LogP) is 4.55. The van der Waals surface area contributed by atoms with Crippen molar-refractivity contribution in [1.29, 1.82) is 0 Å². The van der Waals surface area contributed by atoms with Crippen LogP contribution in [-0.2, 0) is 28.9 Å². The SMILES string of the molecule is COc1ccc(CCCC(=O)[C@@H](Cc2ccccc2Cl)N=C(N)NC(=O)Cc2ccc(OC)c(OC)c2)cc1OC.